The van der Waals surface area contributed by atoms with Crippen molar-refractivity contribution in [3.05, 3.63) is 0 Å². The van der Waals surface area contributed by atoms with E-state index in [4.69, 9.17) is 9.47 Å². The molecule has 0 spiro atoms. The summed E-state index contributed by atoms with van der Waals surface area (Å²) in [4.78, 5) is 11.9. The number of hydrogen-bond acceptors (Lipinski definition) is 5. The van der Waals surface area contributed by atoms with Crippen LogP contribution in [0.1, 0.15) is 26.7 Å². The highest BCUT2D eigenvalue weighted by Crippen LogP contribution is 2.21. The van der Waals surface area contributed by atoms with Gasteiger partial charge in [-0.25, -0.2) is 8.42 Å². The van der Waals surface area contributed by atoms with Gasteiger partial charge < -0.3 is 9.47 Å². The molecule has 0 aromatic heterocycles. The Morgan fingerprint density at radius 3 is 2.78 bits per heavy atom. The molecule has 1 aliphatic heterocycles. The Hall–Kier alpha value is -0.660. The minimum absolute atomic E-state index is 0.0549. The highest BCUT2D eigenvalue weighted by atomic mass is 32.2. The lowest BCUT2D eigenvalue weighted by Gasteiger charge is -2.28. The fourth-order valence-corrected chi connectivity index (χ4v) is 2.86. The number of carbonyl (C=O) groups is 1. The Morgan fingerprint density at radius 1 is 1.56 bits per heavy atom. The average Bonchev–Trinajstić information content (AvgIpc) is 2.29. The summed E-state index contributed by atoms with van der Waals surface area (Å²) in [6, 6.07) is 0. The summed E-state index contributed by atoms with van der Waals surface area (Å²) in [6.45, 7) is 3.96. The summed E-state index contributed by atoms with van der Waals surface area (Å²) in [5.41, 5.74) is 0. The molecule has 7 heteroatoms. The van der Waals surface area contributed by atoms with E-state index >= 15 is 0 Å². The third kappa shape index (κ3) is 3.93. The molecular formula is C11H21NO5S. The molecule has 106 valence electrons. The Labute approximate surface area is 108 Å². The molecule has 0 aliphatic carbocycles. The molecule has 1 heterocycles. The third-order valence-electron chi connectivity index (χ3n) is 3.12. The van der Waals surface area contributed by atoms with E-state index in [1.807, 2.05) is 0 Å². The van der Waals surface area contributed by atoms with Gasteiger partial charge in [-0.1, -0.05) is 0 Å². The second kappa shape index (κ2) is 6.49. The van der Waals surface area contributed by atoms with Crippen molar-refractivity contribution >= 4 is 15.9 Å². The van der Waals surface area contributed by atoms with E-state index < -0.39 is 27.1 Å². The molecule has 3 atom stereocenters. The van der Waals surface area contributed by atoms with Crippen LogP contribution < -0.4 is 4.72 Å². The van der Waals surface area contributed by atoms with E-state index in [1.54, 1.807) is 6.92 Å². The largest absolute Gasteiger partial charge is 0.383 e. The van der Waals surface area contributed by atoms with Crippen LogP contribution in [0.25, 0.3) is 0 Å². The summed E-state index contributed by atoms with van der Waals surface area (Å²) in [6.07, 6.45) is 1.18. The van der Waals surface area contributed by atoms with E-state index in [-0.39, 0.29) is 12.7 Å². The average molecular weight is 279 g/mol. The van der Waals surface area contributed by atoms with E-state index in [9.17, 15) is 13.2 Å². The number of carbonyl (C=O) groups excluding carboxylic acids is 1. The number of ether oxygens (including phenoxy) is 2. The van der Waals surface area contributed by atoms with Crippen LogP contribution in [0, 0.1) is 5.92 Å². The molecule has 6 nitrogen and oxygen atoms in total. The Kier molecular flexibility index (Phi) is 5.55. The maximum atomic E-state index is 11.9. The third-order valence-corrected chi connectivity index (χ3v) is 4.80. The maximum Gasteiger partial charge on any atom is 0.239 e. The smallest absolute Gasteiger partial charge is 0.239 e. The molecule has 1 N–H and O–H groups in total. The standard InChI is InChI=1S/C11H21NO5S/c1-8(7-16-3)18(14,15)12-11(13)10-5-4-6-17-9(10)2/h8-10H,4-7H2,1-3H3,(H,12,13). The second-order valence-electron chi connectivity index (χ2n) is 4.60. The van der Waals surface area contributed by atoms with Crippen molar-refractivity contribution in [1.82, 2.24) is 4.72 Å². The van der Waals surface area contributed by atoms with E-state index in [0.29, 0.717) is 13.0 Å². The molecule has 18 heavy (non-hydrogen) atoms. The Morgan fingerprint density at radius 2 is 2.22 bits per heavy atom. The summed E-state index contributed by atoms with van der Waals surface area (Å²) in [5.74, 6) is -0.881. The highest BCUT2D eigenvalue weighted by Gasteiger charge is 2.32. The number of methoxy groups -OCH3 is 1. The number of hydrogen-bond donors (Lipinski definition) is 1. The zero-order valence-corrected chi connectivity index (χ0v) is 11.8. The number of amides is 1. The summed E-state index contributed by atoms with van der Waals surface area (Å²) in [7, 11) is -2.25. The van der Waals surface area contributed by atoms with Crippen molar-refractivity contribution in [2.45, 2.75) is 38.0 Å². The predicted molar refractivity (Wildman–Crippen MR) is 66.5 cm³/mol. The van der Waals surface area contributed by atoms with E-state index in [1.165, 1.54) is 14.0 Å². The van der Waals surface area contributed by atoms with Gasteiger partial charge in [-0.3, -0.25) is 9.52 Å². The van der Waals surface area contributed by atoms with Crippen molar-refractivity contribution in [3.8, 4) is 0 Å². The van der Waals surface area contributed by atoms with Crippen LogP contribution in [0.2, 0.25) is 0 Å². The lowest BCUT2D eigenvalue weighted by Crippen LogP contribution is -2.46. The van der Waals surface area contributed by atoms with Crippen molar-refractivity contribution in [3.63, 3.8) is 0 Å². The fourth-order valence-electron chi connectivity index (χ4n) is 1.91. The van der Waals surface area contributed by atoms with Gasteiger partial charge in [0, 0.05) is 13.7 Å². The first-order valence-electron chi connectivity index (χ1n) is 6.04. The predicted octanol–water partition coefficient (Wildman–Crippen LogP) is 0.282. The molecule has 0 aromatic carbocycles. The van der Waals surface area contributed by atoms with Gasteiger partial charge in [0.15, 0.2) is 0 Å². The molecule has 0 aromatic rings. The normalized spacial score (nSPS) is 26.6. The Bertz CT molecular complexity index is 381. The number of sulfonamides is 1. The van der Waals surface area contributed by atoms with Gasteiger partial charge in [0.1, 0.15) is 5.25 Å². The van der Waals surface area contributed by atoms with Crippen LogP contribution in [0.15, 0.2) is 0 Å². The maximum absolute atomic E-state index is 11.9. The van der Waals surface area contributed by atoms with Crippen molar-refractivity contribution in [2.24, 2.45) is 5.92 Å². The monoisotopic (exact) mass is 279 g/mol. The lowest BCUT2D eigenvalue weighted by molar-refractivity contribution is -0.131. The van der Waals surface area contributed by atoms with Gasteiger partial charge >= 0.3 is 0 Å². The van der Waals surface area contributed by atoms with Gasteiger partial charge in [0.05, 0.1) is 18.6 Å². The fraction of sp³-hybridized carbons (Fsp3) is 0.909. The molecule has 0 bridgehead atoms. The van der Waals surface area contributed by atoms with Gasteiger partial charge in [-0.2, -0.15) is 0 Å². The summed E-state index contributed by atoms with van der Waals surface area (Å²) < 4.78 is 35.9. The number of nitrogens with one attached hydrogen (secondary N) is 1. The molecule has 1 aliphatic rings. The van der Waals surface area contributed by atoms with Gasteiger partial charge in [-0.15, -0.1) is 0 Å². The molecule has 1 amide bonds. The number of rotatable bonds is 5. The van der Waals surface area contributed by atoms with Crippen molar-refractivity contribution in [1.29, 1.82) is 0 Å². The molecule has 0 radical (unpaired) electrons. The van der Waals surface area contributed by atoms with Crippen LogP contribution in [-0.2, 0) is 24.3 Å². The molecule has 1 rings (SSSR count). The second-order valence-corrected chi connectivity index (χ2v) is 6.70. The zero-order valence-electron chi connectivity index (χ0n) is 11.0. The summed E-state index contributed by atoms with van der Waals surface area (Å²) >= 11 is 0. The first-order chi connectivity index (χ1) is 8.38. The van der Waals surface area contributed by atoms with Crippen molar-refractivity contribution < 1.29 is 22.7 Å². The molecule has 3 unspecified atom stereocenters. The minimum Gasteiger partial charge on any atom is -0.383 e. The van der Waals surface area contributed by atoms with Gasteiger partial charge in [0.25, 0.3) is 0 Å². The van der Waals surface area contributed by atoms with Crippen LogP contribution in [-0.4, -0.2) is 46.0 Å². The molecule has 0 saturated carbocycles. The van der Waals surface area contributed by atoms with E-state index in [0.717, 1.165) is 6.42 Å². The van der Waals surface area contributed by atoms with Crippen LogP contribution in [0.4, 0.5) is 0 Å². The van der Waals surface area contributed by atoms with Crippen molar-refractivity contribution in [2.75, 3.05) is 20.3 Å². The summed E-state index contributed by atoms with van der Waals surface area (Å²) in [5, 5.41) is -0.758. The minimum atomic E-state index is -3.67. The Balaban J connectivity index is 2.63. The van der Waals surface area contributed by atoms with E-state index in [2.05, 4.69) is 4.72 Å². The zero-order chi connectivity index (χ0) is 13.8. The van der Waals surface area contributed by atoms with Crippen LogP contribution >= 0.6 is 0 Å². The van der Waals surface area contributed by atoms with Gasteiger partial charge in [-0.05, 0) is 26.7 Å². The highest BCUT2D eigenvalue weighted by molar-refractivity contribution is 7.90. The quantitative estimate of drug-likeness (QED) is 0.782. The molecule has 1 fully saturated rings. The molecular weight excluding hydrogens is 258 g/mol. The first kappa shape index (κ1) is 15.4. The lowest BCUT2D eigenvalue weighted by atomic mass is 9.95. The SMILES string of the molecule is COCC(C)S(=O)(=O)NC(=O)C1CCCOC1C. The van der Waals surface area contributed by atoms with Gasteiger partial charge in [0.2, 0.25) is 15.9 Å². The first-order valence-corrected chi connectivity index (χ1v) is 7.59. The topological polar surface area (TPSA) is 81.7 Å². The molecule has 1 saturated heterocycles. The van der Waals surface area contributed by atoms with Crippen LogP contribution in [0.3, 0.4) is 0 Å². The van der Waals surface area contributed by atoms with Crippen LogP contribution in [0.5, 0.6) is 0 Å².